The van der Waals surface area contributed by atoms with Gasteiger partial charge in [-0.3, -0.25) is 4.21 Å². The average molecular weight is 211 g/mol. The molecule has 0 aromatic heterocycles. The van der Waals surface area contributed by atoms with Gasteiger partial charge in [0.15, 0.2) is 0 Å². The van der Waals surface area contributed by atoms with E-state index >= 15 is 0 Å². The number of benzene rings is 1. The number of aryl methyl sites for hydroxylation is 1. The lowest BCUT2D eigenvalue weighted by Gasteiger charge is -2.05. The summed E-state index contributed by atoms with van der Waals surface area (Å²) >= 11 is 0. The molecule has 3 heteroatoms. The maximum absolute atomic E-state index is 11.5. The maximum Gasteiger partial charge on any atom is 0.0486 e. The predicted molar refractivity (Wildman–Crippen MR) is 61.5 cm³/mol. The molecule has 0 bridgehead atoms. The standard InChI is InChI=1S/C11H17NOS/c1-9-3-5-11(6-4-9)8-14(13)7-10(2)12/h3-6,10H,7-8,12H2,1-2H3. The fourth-order valence-electron chi connectivity index (χ4n) is 1.22. The highest BCUT2D eigenvalue weighted by atomic mass is 32.2. The summed E-state index contributed by atoms with van der Waals surface area (Å²) in [5, 5.41) is 0. The van der Waals surface area contributed by atoms with E-state index in [0.29, 0.717) is 11.5 Å². The van der Waals surface area contributed by atoms with Gasteiger partial charge in [0, 0.05) is 28.3 Å². The fraction of sp³-hybridized carbons (Fsp3) is 0.455. The van der Waals surface area contributed by atoms with E-state index in [1.165, 1.54) is 5.56 Å². The molecule has 0 amide bonds. The third-order valence-electron chi connectivity index (χ3n) is 1.90. The Morgan fingerprint density at radius 1 is 1.36 bits per heavy atom. The molecule has 0 spiro atoms. The van der Waals surface area contributed by atoms with Crippen LogP contribution in [-0.4, -0.2) is 16.0 Å². The van der Waals surface area contributed by atoms with Crippen molar-refractivity contribution in [2.75, 3.05) is 5.75 Å². The van der Waals surface area contributed by atoms with E-state index in [2.05, 4.69) is 0 Å². The molecule has 2 N–H and O–H groups in total. The summed E-state index contributed by atoms with van der Waals surface area (Å²) in [7, 11) is -0.833. The van der Waals surface area contributed by atoms with Crippen LogP contribution in [0.25, 0.3) is 0 Å². The molecule has 0 saturated carbocycles. The first kappa shape index (κ1) is 11.4. The summed E-state index contributed by atoms with van der Waals surface area (Å²) in [6, 6.07) is 8.14. The minimum atomic E-state index is -0.833. The van der Waals surface area contributed by atoms with Gasteiger partial charge in [-0.05, 0) is 19.4 Å². The summed E-state index contributed by atoms with van der Waals surface area (Å²) < 4.78 is 11.5. The lowest BCUT2D eigenvalue weighted by Crippen LogP contribution is -2.23. The molecule has 1 aromatic rings. The van der Waals surface area contributed by atoms with Crippen LogP contribution >= 0.6 is 0 Å². The van der Waals surface area contributed by atoms with E-state index in [4.69, 9.17) is 5.73 Å². The van der Waals surface area contributed by atoms with Crippen LogP contribution in [0.3, 0.4) is 0 Å². The van der Waals surface area contributed by atoms with Crippen LogP contribution < -0.4 is 5.73 Å². The van der Waals surface area contributed by atoms with Gasteiger partial charge in [0.1, 0.15) is 0 Å². The molecule has 78 valence electrons. The first-order valence-corrected chi connectivity index (χ1v) is 6.23. The highest BCUT2D eigenvalue weighted by Gasteiger charge is 2.04. The van der Waals surface area contributed by atoms with Gasteiger partial charge in [-0.15, -0.1) is 0 Å². The molecule has 1 rings (SSSR count). The van der Waals surface area contributed by atoms with Crippen LogP contribution in [0.4, 0.5) is 0 Å². The third kappa shape index (κ3) is 4.03. The SMILES string of the molecule is Cc1ccc(CS(=O)CC(C)N)cc1. The summed E-state index contributed by atoms with van der Waals surface area (Å²) in [5.41, 5.74) is 7.93. The summed E-state index contributed by atoms with van der Waals surface area (Å²) in [6.07, 6.45) is 0. The van der Waals surface area contributed by atoms with Crippen LogP contribution in [0.1, 0.15) is 18.1 Å². The van der Waals surface area contributed by atoms with Crippen molar-refractivity contribution < 1.29 is 4.21 Å². The molecule has 0 saturated heterocycles. The minimum Gasteiger partial charge on any atom is -0.327 e. The van der Waals surface area contributed by atoms with Crippen molar-refractivity contribution in [1.29, 1.82) is 0 Å². The smallest absolute Gasteiger partial charge is 0.0486 e. The maximum atomic E-state index is 11.5. The highest BCUT2D eigenvalue weighted by Crippen LogP contribution is 2.06. The second kappa shape index (κ2) is 5.27. The Balaban J connectivity index is 2.52. The highest BCUT2D eigenvalue weighted by molar-refractivity contribution is 7.84. The first-order chi connectivity index (χ1) is 6.58. The van der Waals surface area contributed by atoms with E-state index in [9.17, 15) is 4.21 Å². The van der Waals surface area contributed by atoms with Gasteiger partial charge in [-0.1, -0.05) is 29.8 Å². The molecule has 0 aliphatic rings. The fourth-order valence-corrected chi connectivity index (χ4v) is 2.49. The van der Waals surface area contributed by atoms with E-state index in [1.54, 1.807) is 0 Å². The lowest BCUT2D eigenvalue weighted by molar-refractivity contribution is 0.676. The Labute approximate surface area is 88.0 Å². The molecule has 0 fully saturated rings. The largest absolute Gasteiger partial charge is 0.327 e. The van der Waals surface area contributed by atoms with Crippen molar-refractivity contribution in [3.8, 4) is 0 Å². The van der Waals surface area contributed by atoms with Crippen LogP contribution in [0.15, 0.2) is 24.3 Å². The zero-order chi connectivity index (χ0) is 10.6. The van der Waals surface area contributed by atoms with Crippen molar-refractivity contribution in [3.05, 3.63) is 35.4 Å². The number of nitrogens with two attached hydrogens (primary N) is 1. The Bertz CT molecular complexity index is 306. The molecule has 14 heavy (non-hydrogen) atoms. The van der Waals surface area contributed by atoms with Gasteiger partial charge in [-0.25, -0.2) is 0 Å². The van der Waals surface area contributed by atoms with Gasteiger partial charge < -0.3 is 5.73 Å². The summed E-state index contributed by atoms with van der Waals surface area (Å²) in [4.78, 5) is 0. The number of rotatable bonds is 4. The zero-order valence-electron chi connectivity index (χ0n) is 8.69. The van der Waals surface area contributed by atoms with E-state index < -0.39 is 10.8 Å². The molecular formula is C11H17NOS. The minimum absolute atomic E-state index is 0.0151. The molecule has 1 aromatic carbocycles. The third-order valence-corrected chi connectivity index (χ3v) is 3.45. The van der Waals surface area contributed by atoms with Gasteiger partial charge in [0.25, 0.3) is 0 Å². The average Bonchev–Trinajstić information content (AvgIpc) is 2.07. The molecule has 2 unspecified atom stereocenters. The second-order valence-electron chi connectivity index (χ2n) is 3.71. The van der Waals surface area contributed by atoms with Gasteiger partial charge in [0.05, 0.1) is 0 Å². The summed E-state index contributed by atoms with van der Waals surface area (Å²) in [5.74, 6) is 1.19. The Morgan fingerprint density at radius 3 is 2.43 bits per heavy atom. The zero-order valence-corrected chi connectivity index (χ0v) is 9.51. The molecule has 2 atom stereocenters. The van der Waals surface area contributed by atoms with Crippen molar-refractivity contribution in [2.45, 2.75) is 25.6 Å². The molecule has 0 aliphatic heterocycles. The van der Waals surface area contributed by atoms with Crippen LogP contribution in [0, 0.1) is 6.92 Å². The molecular weight excluding hydrogens is 194 g/mol. The lowest BCUT2D eigenvalue weighted by atomic mass is 10.2. The van der Waals surface area contributed by atoms with E-state index in [0.717, 1.165) is 5.56 Å². The molecule has 0 heterocycles. The monoisotopic (exact) mass is 211 g/mol. The van der Waals surface area contributed by atoms with Crippen molar-refractivity contribution >= 4 is 10.8 Å². The molecule has 0 aliphatic carbocycles. The predicted octanol–water partition coefficient (Wildman–Crippen LogP) is 1.59. The van der Waals surface area contributed by atoms with Crippen LogP contribution in [0.2, 0.25) is 0 Å². The van der Waals surface area contributed by atoms with E-state index in [1.807, 2.05) is 38.1 Å². The van der Waals surface area contributed by atoms with E-state index in [-0.39, 0.29) is 6.04 Å². The second-order valence-corrected chi connectivity index (χ2v) is 5.22. The Hall–Kier alpha value is -0.670. The van der Waals surface area contributed by atoms with Gasteiger partial charge in [-0.2, -0.15) is 0 Å². The van der Waals surface area contributed by atoms with Gasteiger partial charge in [0.2, 0.25) is 0 Å². The molecule has 0 radical (unpaired) electrons. The van der Waals surface area contributed by atoms with Gasteiger partial charge >= 0.3 is 0 Å². The summed E-state index contributed by atoms with van der Waals surface area (Å²) in [6.45, 7) is 3.93. The first-order valence-electron chi connectivity index (χ1n) is 4.74. The quantitative estimate of drug-likeness (QED) is 0.822. The van der Waals surface area contributed by atoms with Crippen LogP contribution in [-0.2, 0) is 16.6 Å². The number of hydrogen-bond donors (Lipinski definition) is 1. The van der Waals surface area contributed by atoms with Crippen molar-refractivity contribution in [3.63, 3.8) is 0 Å². The normalized spacial score (nSPS) is 15.1. The topological polar surface area (TPSA) is 43.1 Å². The Kier molecular flexibility index (Phi) is 4.29. The number of hydrogen-bond acceptors (Lipinski definition) is 2. The Morgan fingerprint density at radius 2 is 1.93 bits per heavy atom. The van der Waals surface area contributed by atoms with Crippen molar-refractivity contribution in [2.24, 2.45) is 5.73 Å². The molecule has 2 nitrogen and oxygen atoms in total. The van der Waals surface area contributed by atoms with Crippen LogP contribution in [0.5, 0.6) is 0 Å². The van der Waals surface area contributed by atoms with Crippen molar-refractivity contribution in [1.82, 2.24) is 0 Å².